The first-order valence-corrected chi connectivity index (χ1v) is 6.88. The van der Waals surface area contributed by atoms with Gasteiger partial charge in [0.2, 0.25) is 0 Å². The zero-order chi connectivity index (χ0) is 14.1. The standard InChI is InChI=1S/C15H17NO4/c17-14(18)12-11-7-4-8-16(13(11)12)15(19)20-9-10-5-2-1-3-6-10/h1-3,5-6,11-13H,4,7-9H2,(H,17,18). The van der Waals surface area contributed by atoms with E-state index in [0.717, 1.165) is 18.4 Å². The summed E-state index contributed by atoms with van der Waals surface area (Å²) in [4.78, 5) is 24.8. The molecule has 3 atom stereocenters. The van der Waals surface area contributed by atoms with Gasteiger partial charge < -0.3 is 14.7 Å². The number of likely N-dealkylation sites (tertiary alicyclic amines) is 1. The SMILES string of the molecule is O=C(O)C1C2CCCN(C(=O)OCc3ccccc3)C21. The summed E-state index contributed by atoms with van der Waals surface area (Å²) in [6, 6.07) is 9.31. The lowest BCUT2D eigenvalue weighted by atomic mass is 10.1. The average molecular weight is 275 g/mol. The van der Waals surface area contributed by atoms with Crippen LogP contribution in [0.15, 0.2) is 30.3 Å². The van der Waals surface area contributed by atoms with E-state index in [1.807, 2.05) is 30.3 Å². The Labute approximate surface area is 117 Å². The summed E-state index contributed by atoms with van der Waals surface area (Å²) in [5.41, 5.74) is 0.931. The second-order valence-corrected chi connectivity index (χ2v) is 5.39. The number of carboxylic acids is 1. The second kappa shape index (κ2) is 5.15. The van der Waals surface area contributed by atoms with Crippen LogP contribution in [0, 0.1) is 11.8 Å². The molecule has 2 fully saturated rings. The maximum absolute atomic E-state index is 12.1. The molecule has 5 heteroatoms. The van der Waals surface area contributed by atoms with Crippen molar-refractivity contribution in [2.75, 3.05) is 6.54 Å². The summed E-state index contributed by atoms with van der Waals surface area (Å²) in [5, 5.41) is 9.11. The normalized spacial score (nSPS) is 27.6. The van der Waals surface area contributed by atoms with E-state index in [2.05, 4.69) is 0 Å². The molecule has 1 saturated carbocycles. The summed E-state index contributed by atoms with van der Waals surface area (Å²) < 4.78 is 5.29. The highest BCUT2D eigenvalue weighted by Crippen LogP contribution is 2.49. The quantitative estimate of drug-likeness (QED) is 0.917. The van der Waals surface area contributed by atoms with Crippen LogP contribution in [0.3, 0.4) is 0 Å². The van der Waals surface area contributed by atoms with Gasteiger partial charge in [0.15, 0.2) is 0 Å². The number of benzene rings is 1. The highest BCUT2D eigenvalue weighted by atomic mass is 16.6. The molecule has 1 saturated heterocycles. The van der Waals surface area contributed by atoms with Crippen LogP contribution in [-0.2, 0) is 16.1 Å². The Balaban J connectivity index is 1.59. The van der Waals surface area contributed by atoms with Crippen LogP contribution in [0.1, 0.15) is 18.4 Å². The van der Waals surface area contributed by atoms with Gasteiger partial charge in [0.05, 0.1) is 12.0 Å². The Morgan fingerprint density at radius 3 is 2.75 bits per heavy atom. The van der Waals surface area contributed by atoms with Crippen molar-refractivity contribution in [3.63, 3.8) is 0 Å². The van der Waals surface area contributed by atoms with E-state index in [-0.39, 0.29) is 18.6 Å². The summed E-state index contributed by atoms with van der Waals surface area (Å²) in [5.74, 6) is -1.09. The molecule has 1 N–H and O–H groups in total. The third kappa shape index (κ3) is 2.35. The number of hydrogen-bond acceptors (Lipinski definition) is 3. The number of hydrogen-bond donors (Lipinski definition) is 1. The Morgan fingerprint density at radius 2 is 2.05 bits per heavy atom. The summed E-state index contributed by atoms with van der Waals surface area (Å²) in [6.07, 6.45) is 1.35. The van der Waals surface area contributed by atoms with Crippen molar-refractivity contribution in [1.82, 2.24) is 4.90 Å². The van der Waals surface area contributed by atoms with Crippen LogP contribution < -0.4 is 0 Å². The molecule has 0 spiro atoms. The summed E-state index contributed by atoms with van der Waals surface area (Å²) >= 11 is 0. The van der Waals surface area contributed by atoms with Crippen LogP contribution in [0.25, 0.3) is 0 Å². The molecule has 1 heterocycles. The minimum Gasteiger partial charge on any atom is -0.481 e. The molecule has 0 aromatic heterocycles. The fraction of sp³-hybridized carbons (Fsp3) is 0.467. The average Bonchev–Trinajstić information content (AvgIpc) is 3.20. The molecule has 20 heavy (non-hydrogen) atoms. The fourth-order valence-corrected chi connectivity index (χ4v) is 3.12. The monoisotopic (exact) mass is 275 g/mol. The first kappa shape index (κ1) is 13.0. The van der Waals surface area contributed by atoms with Crippen molar-refractivity contribution in [1.29, 1.82) is 0 Å². The van der Waals surface area contributed by atoms with Crippen LogP contribution >= 0.6 is 0 Å². The number of ether oxygens (including phenoxy) is 1. The number of carbonyl (C=O) groups is 2. The lowest BCUT2D eigenvalue weighted by Gasteiger charge is -2.25. The Morgan fingerprint density at radius 1 is 1.30 bits per heavy atom. The summed E-state index contributed by atoms with van der Waals surface area (Å²) in [6.45, 7) is 0.823. The highest BCUT2D eigenvalue weighted by Gasteiger charge is 2.60. The lowest BCUT2D eigenvalue weighted by molar-refractivity contribution is -0.139. The molecular weight excluding hydrogens is 258 g/mol. The molecule has 2 aliphatic rings. The molecular formula is C15H17NO4. The number of amides is 1. The van der Waals surface area contributed by atoms with E-state index >= 15 is 0 Å². The molecule has 5 nitrogen and oxygen atoms in total. The third-order valence-corrected chi connectivity index (χ3v) is 4.15. The second-order valence-electron chi connectivity index (χ2n) is 5.39. The smallest absolute Gasteiger partial charge is 0.410 e. The van der Waals surface area contributed by atoms with Crippen LogP contribution in [0.4, 0.5) is 4.79 Å². The highest BCUT2D eigenvalue weighted by molar-refractivity contribution is 5.78. The van der Waals surface area contributed by atoms with Crippen molar-refractivity contribution in [3.05, 3.63) is 35.9 Å². The van der Waals surface area contributed by atoms with Gasteiger partial charge in [0.1, 0.15) is 6.61 Å². The molecule has 0 radical (unpaired) electrons. The molecule has 1 aliphatic heterocycles. The third-order valence-electron chi connectivity index (χ3n) is 4.15. The van der Waals surface area contributed by atoms with Gasteiger partial charge in [-0.15, -0.1) is 0 Å². The van der Waals surface area contributed by atoms with Crippen LogP contribution in [-0.4, -0.2) is 34.7 Å². The van der Waals surface area contributed by atoms with E-state index in [1.165, 1.54) is 0 Å². The van der Waals surface area contributed by atoms with E-state index in [0.29, 0.717) is 6.54 Å². The van der Waals surface area contributed by atoms with Gasteiger partial charge in [0, 0.05) is 6.54 Å². The molecule has 1 aliphatic carbocycles. The maximum Gasteiger partial charge on any atom is 0.410 e. The number of rotatable bonds is 3. The number of fused-ring (bicyclic) bond motifs is 1. The van der Waals surface area contributed by atoms with Gasteiger partial charge in [-0.25, -0.2) is 4.79 Å². The number of nitrogens with zero attached hydrogens (tertiary/aromatic N) is 1. The minimum atomic E-state index is -0.803. The van der Waals surface area contributed by atoms with Gasteiger partial charge >= 0.3 is 12.1 Å². The first-order valence-electron chi connectivity index (χ1n) is 6.88. The topological polar surface area (TPSA) is 66.8 Å². The van der Waals surface area contributed by atoms with Crippen molar-refractivity contribution in [3.8, 4) is 0 Å². The first-order chi connectivity index (χ1) is 9.68. The maximum atomic E-state index is 12.1. The number of carboxylic acid groups (broad SMARTS) is 1. The number of aliphatic carboxylic acids is 1. The van der Waals surface area contributed by atoms with E-state index in [4.69, 9.17) is 9.84 Å². The zero-order valence-electron chi connectivity index (χ0n) is 11.1. The zero-order valence-corrected chi connectivity index (χ0v) is 11.1. The molecule has 1 amide bonds. The van der Waals surface area contributed by atoms with Crippen molar-refractivity contribution < 1.29 is 19.4 Å². The van der Waals surface area contributed by atoms with Gasteiger partial charge in [-0.05, 0) is 24.3 Å². The molecule has 106 valence electrons. The largest absolute Gasteiger partial charge is 0.481 e. The van der Waals surface area contributed by atoms with Gasteiger partial charge in [-0.2, -0.15) is 0 Å². The van der Waals surface area contributed by atoms with E-state index in [9.17, 15) is 9.59 Å². The van der Waals surface area contributed by atoms with Crippen LogP contribution in [0.2, 0.25) is 0 Å². The lowest BCUT2D eigenvalue weighted by Crippen LogP contribution is -2.38. The Bertz CT molecular complexity index is 516. The predicted molar refractivity (Wildman–Crippen MR) is 71.0 cm³/mol. The van der Waals surface area contributed by atoms with Gasteiger partial charge in [-0.1, -0.05) is 30.3 Å². The predicted octanol–water partition coefficient (Wildman–Crippen LogP) is 2.12. The molecule has 0 bridgehead atoms. The van der Waals surface area contributed by atoms with E-state index in [1.54, 1.807) is 4.90 Å². The fourth-order valence-electron chi connectivity index (χ4n) is 3.12. The molecule has 1 aromatic carbocycles. The molecule has 1 aromatic rings. The molecule has 3 rings (SSSR count). The minimum absolute atomic E-state index is 0.116. The van der Waals surface area contributed by atoms with Gasteiger partial charge in [0.25, 0.3) is 0 Å². The molecule has 3 unspecified atom stereocenters. The Hall–Kier alpha value is -2.04. The number of carbonyl (C=O) groups excluding carboxylic acids is 1. The summed E-state index contributed by atoms with van der Waals surface area (Å²) in [7, 11) is 0. The van der Waals surface area contributed by atoms with Crippen molar-refractivity contribution in [2.45, 2.75) is 25.5 Å². The number of piperidine rings is 1. The van der Waals surface area contributed by atoms with Gasteiger partial charge in [-0.3, -0.25) is 4.79 Å². The van der Waals surface area contributed by atoms with Crippen LogP contribution in [0.5, 0.6) is 0 Å². The van der Waals surface area contributed by atoms with E-state index < -0.39 is 18.0 Å². The Kier molecular flexibility index (Phi) is 3.34. The van der Waals surface area contributed by atoms with Crippen molar-refractivity contribution in [2.24, 2.45) is 11.8 Å². The van der Waals surface area contributed by atoms with Crippen molar-refractivity contribution >= 4 is 12.1 Å².